The molecule has 0 unspecified atom stereocenters. The van der Waals surface area contributed by atoms with Crippen LogP contribution in [0.15, 0.2) is 24.3 Å². The van der Waals surface area contributed by atoms with Gasteiger partial charge >= 0.3 is 5.97 Å². The van der Waals surface area contributed by atoms with Gasteiger partial charge in [0.1, 0.15) is 0 Å². The van der Waals surface area contributed by atoms with Gasteiger partial charge in [-0.2, -0.15) is 0 Å². The SMILES string of the molecule is O=C(O)[C@@H]1CCO[C@@H]1c1ccc(Cl)cc1. The molecule has 1 saturated heterocycles. The molecule has 2 atom stereocenters. The van der Waals surface area contributed by atoms with E-state index in [0.29, 0.717) is 18.1 Å². The van der Waals surface area contributed by atoms with Crippen molar-refractivity contribution in [3.05, 3.63) is 34.9 Å². The summed E-state index contributed by atoms with van der Waals surface area (Å²) in [7, 11) is 0. The first-order valence-electron chi connectivity index (χ1n) is 4.78. The predicted octanol–water partition coefficient (Wildman–Crippen LogP) is 2.50. The molecule has 1 N–H and O–H groups in total. The maximum absolute atomic E-state index is 10.9. The molecule has 1 aliphatic rings. The zero-order chi connectivity index (χ0) is 10.8. The first-order valence-corrected chi connectivity index (χ1v) is 5.16. The molecular weight excluding hydrogens is 216 g/mol. The largest absolute Gasteiger partial charge is 0.481 e. The summed E-state index contributed by atoms with van der Waals surface area (Å²) in [6.07, 6.45) is 0.239. The van der Waals surface area contributed by atoms with Gasteiger partial charge in [-0.1, -0.05) is 23.7 Å². The molecule has 2 rings (SSSR count). The van der Waals surface area contributed by atoms with Gasteiger partial charge < -0.3 is 9.84 Å². The van der Waals surface area contributed by atoms with Gasteiger partial charge in [-0.05, 0) is 24.1 Å². The third kappa shape index (κ3) is 2.13. The Morgan fingerprint density at radius 3 is 2.67 bits per heavy atom. The highest BCUT2D eigenvalue weighted by molar-refractivity contribution is 6.30. The van der Waals surface area contributed by atoms with Crippen LogP contribution in [0.25, 0.3) is 0 Å². The van der Waals surface area contributed by atoms with Crippen molar-refractivity contribution in [2.75, 3.05) is 6.61 Å². The van der Waals surface area contributed by atoms with Crippen LogP contribution in [0.5, 0.6) is 0 Å². The third-order valence-corrected chi connectivity index (χ3v) is 2.86. The molecule has 0 spiro atoms. The number of carbonyl (C=O) groups is 1. The predicted molar refractivity (Wildman–Crippen MR) is 55.9 cm³/mol. The van der Waals surface area contributed by atoms with Crippen LogP contribution in [0.2, 0.25) is 5.02 Å². The number of aliphatic carboxylic acids is 1. The Bertz CT molecular complexity index is 361. The van der Waals surface area contributed by atoms with Gasteiger partial charge in [0.25, 0.3) is 0 Å². The number of benzene rings is 1. The summed E-state index contributed by atoms with van der Waals surface area (Å²) in [6, 6.07) is 7.12. The van der Waals surface area contributed by atoms with Crippen LogP contribution in [0.4, 0.5) is 0 Å². The van der Waals surface area contributed by atoms with Gasteiger partial charge in [-0.3, -0.25) is 4.79 Å². The molecule has 1 aromatic carbocycles. The Hall–Kier alpha value is -1.06. The Balaban J connectivity index is 2.22. The van der Waals surface area contributed by atoms with Crippen LogP contribution in [-0.2, 0) is 9.53 Å². The highest BCUT2D eigenvalue weighted by Crippen LogP contribution is 2.34. The molecule has 0 aromatic heterocycles. The quantitative estimate of drug-likeness (QED) is 0.843. The standard InChI is InChI=1S/C11H11ClO3/c12-8-3-1-7(2-4-8)10-9(11(13)14)5-6-15-10/h1-4,9-10H,5-6H2,(H,13,14)/t9-,10-/m1/s1. The Labute approximate surface area is 92.6 Å². The highest BCUT2D eigenvalue weighted by Gasteiger charge is 2.34. The molecule has 80 valence electrons. The van der Waals surface area contributed by atoms with Crippen molar-refractivity contribution in [1.82, 2.24) is 0 Å². The van der Waals surface area contributed by atoms with Gasteiger partial charge in [-0.15, -0.1) is 0 Å². The molecule has 0 amide bonds. The summed E-state index contributed by atoms with van der Waals surface area (Å²) in [5.41, 5.74) is 0.879. The van der Waals surface area contributed by atoms with Gasteiger partial charge in [0.05, 0.1) is 12.0 Å². The fourth-order valence-electron chi connectivity index (χ4n) is 1.82. The van der Waals surface area contributed by atoms with Crippen LogP contribution in [-0.4, -0.2) is 17.7 Å². The molecule has 4 heteroatoms. The summed E-state index contributed by atoms with van der Waals surface area (Å²) < 4.78 is 5.43. The van der Waals surface area contributed by atoms with E-state index in [9.17, 15) is 4.79 Å². The maximum atomic E-state index is 10.9. The second-order valence-electron chi connectivity index (χ2n) is 3.58. The van der Waals surface area contributed by atoms with E-state index in [1.54, 1.807) is 12.1 Å². The summed E-state index contributed by atoms with van der Waals surface area (Å²) in [5, 5.41) is 9.64. The molecule has 15 heavy (non-hydrogen) atoms. The number of carboxylic acid groups (broad SMARTS) is 1. The Morgan fingerprint density at radius 2 is 2.07 bits per heavy atom. The first-order chi connectivity index (χ1) is 7.18. The maximum Gasteiger partial charge on any atom is 0.309 e. The zero-order valence-corrected chi connectivity index (χ0v) is 8.78. The number of hydrogen-bond donors (Lipinski definition) is 1. The fraction of sp³-hybridized carbons (Fsp3) is 0.364. The Morgan fingerprint density at radius 1 is 1.40 bits per heavy atom. The number of hydrogen-bond acceptors (Lipinski definition) is 2. The van der Waals surface area contributed by atoms with Crippen molar-refractivity contribution in [2.45, 2.75) is 12.5 Å². The summed E-state index contributed by atoms with van der Waals surface area (Å²) >= 11 is 5.76. The van der Waals surface area contributed by atoms with E-state index in [4.69, 9.17) is 21.4 Å². The second-order valence-corrected chi connectivity index (χ2v) is 4.01. The average molecular weight is 227 g/mol. The van der Waals surface area contributed by atoms with E-state index in [1.807, 2.05) is 12.1 Å². The van der Waals surface area contributed by atoms with E-state index >= 15 is 0 Å². The monoisotopic (exact) mass is 226 g/mol. The van der Waals surface area contributed by atoms with E-state index in [2.05, 4.69) is 0 Å². The van der Waals surface area contributed by atoms with Crippen LogP contribution < -0.4 is 0 Å². The lowest BCUT2D eigenvalue weighted by atomic mass is 9.96. The number of halogens is 1. The Kier molecular flexibility index (Phi) is 2.93. The van der Waals surface area contributed by atoms with E-state index in [0.717, 1.165) is 5.56 Å². The molecule has 3 nitrogen and oxygen atoms in total. The van der Waals surface area contributed by atoms with Gasteiger partial charge in [0.15, 0.2) is 0 Å². The van der Waals surface area contributed by atoms with Crippen molar-refractivity contribution in [2.24, 2.45) is 5.92 Å². The van der Waals surface area contributed by atoms with Crippen LogP contribution in [0.3, 0.4) is 0 Å². The zero-order valence-electron chi connectivity index (χ0n) is 8.02. The van der Waals surface area contributed by atoms with E-state index < -0.39 is 11.9 Å². The first kappa shape index (κ1) is 10.5. The van der Waals surface area contributed by atoms with E-state index in [1.165, 1.54) is 0 Å². The molecule has 1 heterocycles. The fourth-order valence-corrected chi connectivity index (χ4v) is 1.95. The van der Waals surface area contributed by atoms with Gasteiger partial charge in [0, 0.05) is 11.6 Å². The van der Waals surface area contributed by atoms with Crippen molar-refractivity contribution in [1.29, 1.82) is 0 Å². The lowest BCUT2D eigenvalue weighted by molar-refractivity contribution is -0.143. The number of carboxylic acids is 1. The van der Waals surface area contributed by atoms with Gasteiger partial charge in [-0.25, -0.2) is 0 Å². The van der Waals surface area contributed by atoms with Crippen molar-refractivity contribution in [3.8, 4) is 0 Å². The number of ether oxygens (including phenoxy) is 1. The second kappa shape index (κ2) is 4.21. The minimum atomic E-state index is -0.799. The van der Waals surface area contributed by atoms with Crippen LogP contribution >= 0.6 is 11.6 Å². The molecule has 1 fully saturated rings. The van der Waals surface area contributed by atoms with Crippen molar-refractivity contribution < 1.29 is 14.6 Å². The highest BCUT2D eigenvalue weighted by atomic mass is 35.5. The molecule has 0 bridgehead atoms. The minimum Gasteiger partial charge on any atom is -0.481 e. The van der Waals surface area contributed by atoms with E-state index in [-0.39, 0.29) is 6.10 Å². The lowest BCUT2D eigenvalue weighted by Gasteiger charge is -2.15. The smallest absolute Gasteiger partial charge is 0.309 e. The third-order valence-electron chi connectivity index (χ3n) is 2.61. The van der Waals surface area contributed by atoms with Crippen molar-refractivity contribution in [3.63, 3.8) is 0 Å². The molecular formula is C11H11ClO3. The topological polar surface area (TPSA) is 46.5 Å². The summed E-state index contributed by atoms with van der Waals surface area (Å²) in [6.45, 7) is 0.504. The number of rotatable bonds is 2. The normalized spacial score (nSPS) is 25.4. The van der Waals surface area contributed by atoms with Crippen LogP contribution in [0.1, 0.15) is 18.1 Å². The molecule has 0 radical (unpaired) electrons. The molecule has 0 aliphatic carbocycles. The van der Waals surface area contributed by atoms with Gasteiger partial charge in [0.2, 0.25) is 0 Å². The molecule has 1 aromatic rings. The molecule has 1 aliphatic heterocycles. The van der Waals surface area contributed by atoms with Crippen LogP contribution in [0, 0.1) is 5.92 Å². The lowest BCUT2D eigenvalue weighted by Crippen LogP contribution is -2.17. The summed E-state index contributed by atoms with van der Waals surface area (Å²) in [5.74, 6) is -1.24. The van der Waals surface area contributed by atoms with Crippen molar-refractivity contribution >= 4 is 17.6 Å². The minimum absolute atomic E-state index is 0.334. The average Bonchev–Trinajstić information content (AvgIpc) is 2.67. The molecule has 0 saturated carbocycles. The summed E-state index contributed by atoms with van der Waals surface area (Å²) in [4.78, 5) is 10.9.